The van der Waals surface area contributed by atoms with Gasteiger partial charge < -0.3 is 15.5 Å². The van der Waals surface area contributed by atoms with E-state index in [0.29, 0.717) is 24.5 Å². The molecule has 5 nitrogen and oxygen atoms in total. The smallest absolute Gasteiger partial charge is 0.231 e. The molecule has 2 atom stereocenters. The number of nitrogens with two attached hydrogens (primary N) is 1. The third-order valence-electron chi connectivity index (χ3n) is 4.08. The number of hydrogen-bond acceptors (Lipinski definition) is 3. The van der Waals surface area contributed by atoms with Crippen molar-refractivity contribution in [2.75, 3.05) is 32.1 Å². The lowest BCUT2D eigenvalue weighted by molar-refractivity contribution is -0.129. The first-order chi connectivity index (χ1) is 10.3. The first kappa shape index (κ1) is 16.8. The maximum absolute atomic E-state index is 12.5. The van der Waals surface area contributed by atoms with Crippen LogP contribution < -0.4 is 10.6 Å². The zero-order valence-corrected chi connectivity index (χ0v) is 13.9. The summed E-state index contributed by atoms with van der Waals surface area (Å²) in [5.74, 6) is -0.243. The first-order valence-corrected chi connectivity index (χ1v) is 7.74. The van der Waals surface area contributed by atoms with Crippen molar-refractivity contribution in [3.05, 3.63) is 28.8 Å². The highest BCUT2D eigenvalue weighted by molar-refractivity contribution is 6.30. The van der Waals surface area contributed by atoms with Gasteiger partial charge in [-0.15, -0.1) is 0 Å². The number of carbonyl (C=O) groups excluding carboxylic acids is 2. The summed E-state index contributed by atoms with van der Waals surface area (Å²) in [4.78, 5) is 27.8. The van der Waals surface area contributed by atoms with Crippen molar-refractivity contribution in [3.63, 3.8) is 0 Å². The lowest BCUT2D eigenvalue weighted by Crippen LogP contribution is -2.37. The van der Waals surface area contributed by atoms with Gasteiger partial charge in [-0.25, -0.2) is 0 Å². The topological polar surface area (TPSA) is 66.6 Å². The Morgan fingerprint density at radius 3 is 2.73 bits per heavy atom. The Morgan fingerprint density at radius 2 is 2.14 bits per heavy atom. The quantitative estimate of drug-likeness (QED) is 0.919. The fraction of sp³-hybridized carbons (Fsp3) is 0.500. The van der Waals surface area contributed by atoms with E-state index in [1.807, 2.05) is 19.1 Å². The summed E-state index contributed by atoms with van der Waals surface area (Å²) < 4.78 is 0. The Morgan fingerprint density at radius 1 is 1.45 bits per heavy atom. The van der Waals surface area contributed by atoms with Crippen molar-refractivity contribution in [3.8, 4) is 0 Å². The number of hydrogen-bond donors (Lipinski definition) is 1. The van der Waals surface area contributed by atoms with Crippen LogP contribution in [0.5, 0.6) is 0 Å². The minimum atomic E-state index is -0.244. The van der Waals surface area contributed by atoms with E-state index in [0.717, 1.165) is 11.3 Å². The average Bonchev–Trinajstić information content (AvgIpc) is 2.83. The summed E-state index contributed by atoms with van der Waals surface area (Å²) in [7, 11) is 3.46. The number of nitrogens with zero attached hydrogens (tertiary/aromatic N) is 2. The van der Waals surface area contributed by atoms with Crippen LogP contribution in [0.25, 0.3) is 0 Å². The number of amides is 2. The lowest BCUT2D eigenvalue weighted by atomic mass is 9.97. The molecule has 22 heavy (non-hydrogen) atoms. The molecule has 0 spiro atoms. The molecule has 0 saturated heterocycles. The first-order valence-electron chi connectivity index (χ1n) is 7.36. The molecular weight excluding hydrogens is 302 g/mol. The second kappa shape index (κ2) is 6.67. The average molecular weight is 324 g/mol. The summed E-state index contributed by atoms with van der Waals surface area (Å²) in [5.41, 5.74) is 7.41. The molecule has 2 amide bonds. The van der Waals surface area contributed by atoms with Gasteiger partial charge in [0.15, 0.2) is 0 Å². The Kier molecular flexibility index (Phi) is 5.08. The van der Waals surface area contributed by atoms with Crippen LogP contribution in [0.1, 0.15) is 24.8 Å². The molecule has 0 saturated carbocycles. The molecule has 120 valence electrons. The number of halogens is 1. The van der Waals surface area contributed by atoms with E-state index in [-0.39, 0.29) is 23.7 Å². The maximum Gasteiger partial charge on any atom is 0.231 e. The second-order valence-electron chi connectivity index (χ2n) is 5.98. The molecular formula is C16H22ClN3O2. The molecule has 0 bridgehead atoms. The normalized spacial score (nSPS) is 18.0. The summed E-state index contributed by atoms with van der Waals surface area (Å²) in [5, 5.41) is 0.613. The number of fused-ring (bicyclic) bond motifs is 1. The van der Waals surface area contributed by atoms with Crippen molar-refractivity contribution >= 4 is 29.1 Å². The van der Waals surface area contributed by atoms with Gasteiger partial charge >= 0.3 is 0 Å². The molecule has 0 fully saturated rings. The number of rotatable bonds is 4. The van der Waals surface area contributed by atoms with E-state index in [9.17, 15) is 9.59 Å². The maximum atomic E-state index is 12.5. The Hall–Kier alpha value is -1.59. The molecule has 0 aliphatic carbocycles. The van der Waals surface area contributed by atoms with Crippen LogP contribution in [0.3, 0.4) is 0 Å². The lowest BCUT2D eigenvalue weighted by Gasteiger charge is -2.21. The largest absolute Gasteiger partial charge is 0.349 e. The van der Waals surface area contributed by atoms with Gasteiger partial charge in [0, 0.05) is 56.2 Å². The van der Waals surface area contributed by atoms with Crippen molar-refractivity contribution in [1.29, 1.82) is 0 Å². The van der Waals surface area contributed by atoms with Gasteiger partial charge in [0.1, 0.15) is 0 Å². The standard InChI is InChI=1S/C16H22ClN3O2/c1-10(8-18)16(22)20-9-11(6-15(21)19(2)3)13-7-12(17)4-5-14(13)20/h4-5,7,10-11H,6,8-9,18H2,1-3H3. The SMILES string of the molecule is CC(CN)C(=O)N1CC(CC(=O)N(C)C)c2cc(Cl)ccc21. The highest BCUT2D eigenvalue weighted by Crippen LogP contribution is 2.40. The Bertz CT molecular complexity index is 589. The summed E-state index contributed by atoms with van der Waals surface area (Å²) in [6.45, 7) is 2.62. The van der Waals surface area contributed by atoms with E-state index in [2.05, 4.69) is 0 Å². The van der Waals surface area contributed by atoms with E-state index in [1.165, 1.54) is 0 Å². The number of carbonyl (C=O) groups is 2. The molecule has 1 aromatic rings. The molecule has 1 heterocycles. The van der Waals surface area contributed by atoms with E-state index < -0.39 is 0 Å². The third kappa shape index (κ3) is 3.25. The third-order valence-corrected chi connectivity index (χ3v) is 4.32. The van der Waals surface area contributed by atoms with Gasteiger partial charge in [-0.2, -0.15) is 0 Å². The highest BCUT2D eigenvalue weighted by Gasteiger charge is 2.35. The minimum absolute atomic E-state index is 0.00845. The van der Waals surface area contributed by atoms with E-state index >= 15 is 0 Å². The molecule has 2 N–H and O–H groups in total. The van der Waals surface area contributed by atoms with Gasteiger partial charge in [0.25, 0.3) is 0 Å². The van der Waals surface area contributed by atoms with Gasteiger partial charge in [-0.3, -0.25) is 9.59 Å². The minimum Gasteiger partial charge on any atom is -0.349 e. The van der Waals surface area contributed by atoms with Crippen molar-refractivity contribution in [2.45, 2.75) is 19.3 Å². The van der Waals surface area contributed by atoms with Crippen molar-refractivity contribution < 1.29 is 9.59 Å². The zero-order chi connectivity index (χ0) is 16.4. The molecule has 0 aromatic heterocycles. The Balaban J connectivity index is 2.32. The predicted octanol–water partition coefficient (Wildman–Crippen LogP) is 1.84. The van der Waals surface area contributed by atoms with Crippen molar-refractivity contribution in [1.82, 2.24) is 4.90 Å². The summed E-state index contributed by atoms with van der Waals surface area (Å²) in [6.07, 6.45) is 0.362. The number of anilines is 1. The molecule has 1 aliphatic rings. The molecule has 2 unspecified atom stereocenters. The fourth-order valence-corrected chi connectivity index (χ4v) is 2.84. The molecule has 0 radical (unpaired) electrons. The van der Waals surface area contributed by atoms with Crippen LogP contribution in [-0.4, -0.2) is 43.9 Å². The number of benzene rings is 1. The summed E-state index contributed by atoms with van der Waals surface area (Å²) in [6, 6.07) is 5.47. The van der Waals surface area contributed by atoms with E-state index in [4.69, 9.17) is 17.3 Å². The molecule has 6 heteroatoms. The van der Waals surface area contributed by atoms with E-state index in [1.54, 1.807) is 30.0 Å². The van der Waals surface area contributed by atoms with Crippen LogP contribution in [0.15, 0.2) is 18.2 Å². The highest BCUT2D eigenvalue weighted by atomic mass is 35.5. The summed E-state index contributed by atoms with van der Waals surface area (Å²) >= 11 is 6.09. The molecule has 2 rings (SSSR count). The predicted molar refractivity (Wildman–Crippen MR) is 88.1 cm³/mol. The van der Waals surface area contributed by atoms with Crippen LogP contribution in [0, 0.1) is 5.92 Å². The van der Waals surface area contributed by atoms with Gasteiger partial charge in [0.05, 0.1) is 0 Å². The van der Waals surface area contributed by atoms with Crippen LogP contribution in [0.2, 0.25) is 5.02 Å². The van der Waals surface area contributed by atoms with Gasteiger partial charge in [-0.1, -0.05) is 18.5 Å². The zero-order valence-electron chi connectivity index (χ0n) is 13.2. The van der Waals surface area contributed by atoms with Crippen LogP contribution >= 0.6 is 11.6 Å². The van der Waals surface area contributed by atoms with Crippen LogP contribution in [-0.2, 0) is 9.59 Å². The Labute approximate surface area is 136 Å². The fourth-order valence-electron chi connectivity index (χ4n) is 2.66. The monoisotopic (exact) mass is 323 g/mol. The van der Waals surface area contributed by atoms with Gasteiger partial charge in [-0.05, 0) is 23.8 Å². The van der Waals surface area contributed by atoms with Crippen LogP contribution in [0.4, 0.5) is 5.69 Å². The van der Waals surface area contributed by atoms with Gasteiger partial charge in [0.2, 0.25) is 11.8 Å². The second-order valence-corrected chi connectivity index (χ2v) is 6.41. The molecule has 1 aliphatic heterocycles. The van der Waals surface area contributed by atoms with Crippen molar-refractivity contribution in [2.24, 2.45) is 11.7 Å². The molecule has 1 aromatic carbocycles.